The van der Waals surface area contributed by atoms with Gasteiger partial charge in [0.25, 0.3) is 11.8 Å². The number of aliphatic hydroxyl groups excluding tert-OH is 1. The van der Waals surface area contributed by atoms with Crippen molar-refractivity contribution in [3.63, 3.8) is 0 Å². The molecule has 5 aromatic rings. The number of anilines is 1. The number of nitrogens with zero attached hydrogens (tertiary/aromatic N) is 3. The van der Waals surface area contributed by atoms with Crippen LogP contribution in [0, 0.1) is 0 Å². The van der Waals surface area contributed by atoms with E-state index in [1.807, 2.05) is 53.2 Å². The molecular formula is C33H28N4O3. The van der Waals surface area contributed by atoms with Gasteiger partial charge in [-0.1, -0.05) is 66.7 Å². The molecule has 2 aliphatic heterocycles. The van der Waals surface area contributed by atoms with Gasteiger partial charge in [-0.2, -0.15) is 5.10 Å². The normalized spacial score (nSPS) is 18.2. The summed E-state index contributed by atoms with van der Waals surface area (Å²) in [6.45, 7) is 1.04. The predicted octanol–water partition coefficient (Wildman–Crippen LogP) is 5.22. The first-order valence-corrected chi connectivity index (χ1v) is 13.6. The Bertz CT molecular complexity index is 1820. The van der Waals surface area contributed by atoms with Crippen LogP contribution in [0.25, 0.3) is 32.8 Å². The van der Waals surface area contributed by atoms with Crippen molar-refractivity contribution in [2.75, 3.05) is 18.5 Å². The van der Waals surface area contributed by atoms with Gasteiger partial charge < -0.3 is 10.4 Å². The van der Waals surface area contributed by atoms with Crippen LogP contribution in [0.4, 0.5) is 5.69 Å². The number of hydrogen-bond acceptors (Lipinski definition) is 5. The van der Waals surface area contributed by atoms with Gasteiger partial charge in [0.15, 0.2) is 0 Å². The molecule has 7 heteroatoms. The van der Waals surface area contributed by atoms with Crippen LogP contribution in [0.1, 0.15) is 24.1 Å². The molecule has 0 bridgehead atoms. The number of hydrogen-bond donors (Lipinski definition) is 2. The third-order valence-electron chi connectivity index (χ3n) is 8.09. The van der Waals surface area contributed by atoms with Crippen molar-refractivity contribution in [1.29, 1.82) is 0 Å². The van der Waals surface area contributed by atoms with Gasteiger partial charge in [-0.15, -0.1) is 0 Å². The molecule has 0 spiro atoms. The number of unbranched alkanes of at least 4 members (excludes halogenated alkanes) is 1. The van der Waals surface area contributed by atoms with E-state index >= 15 is 0 Å². The van der Waals surface area contributed by atoms with E-state index in [0.717, 1.165) is 50.5 Å². The molecule has 2 N–H and O–H groups in total. The summed E-state index contributed by atoms with van der Waals surface area (Å²) in [6, 6.07) is 28.6. The van der Waals surface area contributed by atoms with Gasteiger partial charge in [0.05, 0.1) is 5.52 Å². The molecule has 2 amide bonds. The highest BCUT2D eigenvalue weighted by Crippen LogP contribution is 2.51. The van der Waals surface area contributed by atoms with Crippen molar-refractivity contribution in [2.45, 2.75) is 24.9 Å². The number of benzene rings is 4. The monoisotopic (exact) mass is 528 g/mol. The summed E-state index contributed by atoms with van der Waals surface area (Å²) in [4.78, 5) is 28.3. The zero-order valence-electron chi connectivity index (χ0n) is 21.9. The van der Waals surface area contributed by atoms with Crippen LogP contribution in [0.5, 0.6) is 0 Å². The molecule has 0 saturated heterocycles. The fourth-order valence-electron chi connectivity index (χ4n) is 6.31. The van der Waals surface area contributed by atoms with Gasteiger partial charge in [0.1, 0.15) is 11.2 Å². The van der Waals surface area contributed by atoms with Crippen LogP contribution >= 0.6 is 0 Å². The van der Waals surface area contributed by atoms with Crippen molar-refractivity contribution < 1.29 is 14.7 Å². The quantitative estimate of drug-likeness (QED) is 0.223. The minimum Gasteiger partial charge on any atom is -0.396 e. The molecule has 7 nitrogen and oxygen atoms in total. The van der Waals surface area contributed by atoms with Crippen LogP contribution in [-0.4, -0.2) is 44.8 Å². The lowest BCUT2D eigenvalue weighted by atomic mass is 9.80. The van der Waals surface area contributed by atoms with E-state index < -0.39 is 5.54 Å². The van der Waals surface area contributed by atoms with E-state index in [1.54, 1.807) is 0 Å². The van der Waals surface area contributed by atoms with Crippen LogP contribution < -0.4 is 5.32 Å². The van der Waals surface area contributed by atoms with E-state index in [0.29, 0.717) is 25.2 Å². The molecule has 0 aliphatic carbocycles. The number of carbonyl (C=O) groups is 2. The zero-order chi connectivity index (χ0) is 27.3. The Hall–Kier alpha value is -4.75. The van der Waals surface area contributed by atoms with Crippen molar-refractivity contribution >= 4 is 39.2 Å². The molecule has 1 aromatic heterocycles. The second-order valence-electron chi connectivity index (χ2n) is 10.4. The number of imide groups is 1. The minimum atomic E-state index is -1.17. The number of para-hydroxylation sites is 1. The highest BCUT2D eigenvalue weighted by Gasteiger charge is 2.54. The average Bonchev–Trinajstić information content (AvgIpc) is 3.66. The summed E-state index contributed by atoms with van der Waals surface area (Å²) in [5.41, 5.74) is 4.10. The lowest BCUT2D eigenvalue weighted by Crippen LogP contribution is -2.52. The number of aromatic nitrogens is 2. The number of carbonyl (C=O) groups excluding carboxylic acids is 2. The van der Waals surface area contributed by atoms with E-state index in [4.69, 9.17) is 5.10 Å². The zero-order valence-corrected chi connectivity index (χ0v) is 21.9. The first-order valence-electron chi connectivity index (χ1n) is 13.6. The largest absolute Gasteiger partial charge is 0.396 e. The maximum Gasteiger partial charge on any atom is 0.254 e. The van der Waals surface area contributed by atoms with Crippen molar-refractivity contribution in [3.8, 4) is 11.1 Å². The van der Waals surface area contributed by atoms with Gasteiger partial charge in [0, 0.05) is 48.5 Å². The Morgan fingerprint density at radius 2 is 1.62 bits per heavy atom. The molecular weight excluding hydrogens is 500 g/mol. The maximum absolute atomic E-state index is 13.5. The molecule has 0 radical (unpaired) electrons. The standard InChI is InChI=1S/C33H28N4O3/c38-19-6-5-18-36-28-13-4-3-10-26(28)32(35-36)33(37-29(39)16-17-30(37)40)21-34-27-12-7-11-25(31(27)33)24-15-14-22-8-1-2-9-23(22)20-24/h1-4,7-17,20,34,38H,5-6,18-19,21H2. The van der Waals surface area contributed by atoms with Crippen molar-refractivity contribution in [2.24, 2.45) is 0 Å². The molecule has 198 valence electrons. The highest BCUT2D eigenvalue weighted by atomic mass is 16.3. The summed E-state index contributed by atoms with van der Waals surface area (Å²) in [5, 5.41) is 21.2. The summed E-state index contributed by atoms with van der Waals surface area (Å²) < 4.78 is 1.94. The number of amides is 2. The number of nitrogens with one attached hydrogen (secondary N) is 1. The van der Waals surface area contributed by atoms with Crippen LogP contribution in [0.15, 0.2) is 97.1 Å². The van der Waals surface area contributed by atoms with Crippen LogP contribution in [0.3, 0.4) is 0 Å². The average molecular weight is 529 g/mol. The Morgan fingerprint density at radius 1 is 0.850 bits per heavy atom. The molecule has 7 rings (SSSR count). The van der Waals surface area contributed by atoms with Gasteiger partial charge in [0.2, 0.25) is 0 Å². The molecule has 3 heterocycles. The minimum absolute atomic E-state index is 0.116. The molecule has 2 aliphatic rings. The van der Waals surface area contributed by atoms with Gasteiger partial charge >= 0.3 is 0 Å². The fourth-order valence-corrected chi connectivity index (χ4v) is 6.31. The van der Waals surface area contributed by atoms with Crippen molar-refractivity contribution in [1.82, 2.24) is 14.7 Å². The number of rotatable bonds is 7. The first kappa shape index (κ1) is 24.3. The van der Waals surface area contributed by atoms with Crippen LogP contribution in [0.2, 0.25) is 0 Å². The molecule has 0 saturated carbocycles. The highest BCUT2D eigenvalue weighted by molar-refractivity contribution is 6.14. The summed E-state index contributed by atoms with van der Waals surface area (Å²) in [7, 11) is 0. The first-order chi connectivity index (χ1) is 19.6. The maximum atomic E-state index is 13.5. The second-order valence-corrected chi connectivity index (χ2v) is 10.4. The predicted molar refractivity (Wildman–Crippen MR) is 156 cm³/mol. The van der Waals surface area contributed by atoms with Gasteiger partial charge in [-0.05, 0) is 52.9 Å². The number of aliphatic hydroxyl groups is 1. The lowest BCUT2D eigenvalue weighted by Gasteiger charge is -2.37. The molecule has 4 aromatic carbocycles. The fraction of sp³-hybridized carbons (Fsp3) is 0.182. The van der Waals surface area contributed by atoms with Crippen molar-refractivity contribution in [3.05, 3.63) is 108 Å². The molecule has 1 unspecified atom stereocenters. The molecule has 40 heavy (non-hydrogen) atoms. The van der Waals surface area contributed by atoms with E-state index in [-0.39, 0.29) is 18.4 Å². The molecule has 1 atom stereocenters. The van der Waals surface area contributed by atoms with E-state index in [9.17, 15) is 14.7 Å². The Labute approximate surface area is 231 Å². The lowest BCUT2D eigenvalue weighted by molar-refractivity contribution is -0.142. The third kappa shape index (κ3) is 3.58. The number of fused-ring (bicyclic) bond motifs is 3. The SMILES string of the molecule is O=C1C=CC(=O)N1C1(c2nn(CCCCO)c3ccccc23)CNc2cccc(-c3ccc4ccccc4c3)c21. The summed E-state index contributed by atoms with van der Waals surface area (Å²) >= 11 is 0. The number of aryl methyl sites for hydroxylation is 1. The van der Waals surface area contributed by atoms with E-state index in [1.165, 1.54) is 17.1 Å². The summed E-state index contributed by atoms with van der Waals surface area (Å²) in [6.07, 6.45) is 4.12. The van der Waals surface area contributed by atoms with E-state index in [2.05, 4.69) is 41.7 Å². The Morgan fingerprint density at radius 3 is 2.45 bits per heavy atom. The smallest absolute Gasteiger partial charge is 0.254 e. The van der Waals surface area contributed by atoms with Crippen LogP contribution in [-0.2, 0) is 21.7 Å². The topological polar surface area (TPSA) is 87.5 Å². The second kappa shape index (κ2) is 9.47. The van der Waals surface area contributed by atoms with Gasteiger partial charge in [-0.25, -0.2) is 0 Å². The van der Waals surface area contributed by atoms with Gasteiger partial charge in [-0.3, -0.25) is 19.2 Å². The molecule has 0 fully saturated rings. The third-order valence-corrected chi connectivity index (χ3v) is 8.09. The Kier molecular flexibility index (Phi) is 5.75. The summed E-state index contributed by atoms with van der Waals surface area (Å²) in [5.74, 6) is -0.709. The Balaban J connectivity index is 1.51.